The number of nitrogen functional groups attached to an aromatic ring is 1. The van der Waals surface area contributed by atoms with Gasteiger partial charge in [0.25, 0.3) is 0 Å². The summed E-state index contributed by atoms with van der Waals surface area (Å²) >= 11 is 6.08. The number of halogens is 1. The SMILES string of the molecule is CN1CCC(C)(CNc2nc(NN)ncc2Cl)CC1. The van der Waals surface area contributed by atoms with Gasteiger partial charge in [0.15, 0.2) is 5.82 Å². The van der Waals surface area contributed by atoms with E-state index in [9.17, 15) is 0 Å². The topological polar surface area (TPSA) is 79.1 Å². The highest BCUT2D eigenvalue weighted by Crippen LogP contribution is 2.31. The number of nitrogens with one attached hydrogen (secondary N) is 2. The van der Waals surface area contributed by atoms with Crippen LogP contribution in [-0.4, -0.2) is 41.5 Å². The summed E-state index contributed by atoms with van der Waals surface area (Å²) in [6.07, 6.45) is 3.88. The molecule has 0 unspecified atom stereocenters. The second-order valence-corrected chi connectivity index (χ2v) is 5.91. The zero-order chi connectivity index (χ0) is 13.9. The molecule has 0 aromatic carbocycles. The second kappa shape index (κ2) is 5.90. The average molecular weight is 285 g/mol. The Balaban J connectivity index is 1.98. The second-order valence-electron chi connectivity index (χ2n) is 5.50. The molecule has 7 heteroatoms. The first-order valence-electron chi connectivity index (χ1n) is 6.44. The lowest BCUT2D eigenvalue weighted by Crippen LogP contribution is -2.40. The Morgan fingerprint density at radius 3 is 2.79 bits per heavy atom. The van der Waals surface area contributed by atoms with Crippen molar-refractivity contribution in [1.82, 2.24) is 14.9 Å². The van der Waals surface area contributed by atoms with E-state index in [1.165, 1.54) is 12.8 Å². The Hall–Kier alpha value is -1.11. The van der Waals surface area contributed by atoms with Crippen LogP contribution < -0.4 is 16.6 Å². The minimum Gasteiger partial charge on any atom is -0.368 e. The van der Waals surface area contributed by atoms with E-state index in [1.54, 1.807) is 6.20 Å². The molecule has 0 atom stereocenters. The van der Waals surface area contributed by atoms with Crippen LogP contribution in [0, 0.1) is 5.41 Å². The van der Waals surface area contributed by atoms with Gasteiger partial charge in [0.2, 0.25) is 5.95 Å². The molecule has 4 N–H and O–H groups in total. The maximum Gasteiger partial charge on any atom is 0.239 e. The molecule has 0 amide bonds. The summed E-state index contributed by atoms with van der Waals surface area (Å²) in [4.78, 5) is 10.5. The minimum atomic E-state index is 0.275. The number of hydrogen-bond donors (Lipinski definition) is 3. The smallest absolute Gasteiger partial charge is 0.239 e. The molecule has 0 bridgehead atoms. The van der Waals surface area contributed by atoms with Crippen LogP contribution in [0.15, 0.2) is 6.20 Å². The first-order chi connectivity index (χ1) is 9.02. The molecule has 1 aliphatic heterocycles. The van der Waals surface area contributed by atoms with Gasteiger partial charge in [-0.15, -0.1) is 0 Å². The summed E-state index contributed by atoms with van der Waals surface area (Å²) in [5, 5.41) is 3.83. The molecule has 0 aliphatic carbocycles. The fourth-order valence-electron chi connectivity index (χ4n) is 2.19. The summed E-state index contributed by atoms with van der Waals surface area (Å²) in [7, 11) is 2.16. The monoisotopic (exact) mass is 284 g/mol. The lowest BCUT2D eigenvalue weighted by atomic mass is 9.80. The van der Waals surface area contributed by atoms with Gasteiger partial charge in [-0.1, -0.05) is 18.5 Å². The van der Waals surface area contributed by atoms with Crippen LogP contribution in [-0.2, 0) is 0 Å². The lowest BCUT2D eigenvalue weighted by molar-refractivity contribution is 0.150. The van der Waals surface area contributed by atoms with Crippen molar-refractivity contribution in [3.8, 4) is 0 Å². The van der Waals surface area contributed by atoms with Gasteiger partial charge in [0, 0.05) is 6.54 Å². The molecule has 106 valence electrons. The minimum absolute atomic E-state index is 0.275. The average Bonchev–Trinajstić information content (AvgIpc) is 2.42. The van der Waals surface area contributed by atoms with Crippen LogP contribution in [0.5, 0.6) is 0 Å². The first kappa shape index (κ1) is 14.3. The van der Waals surface area contributed by atoms with Crippen molar-refractivity contribution < 1.29 is 0 Å². The van der Waals surface area contributed by atoms with E-state index in [0.29, 0.717) is 16.8 Å². The number of anilines is 2. The fraction of sp³-hybridized carbons (Fsp3) is 0.667. The molecular formula is C12H21ClN6. The van der Waals surface area contributed by atoms with Crippen LogP contribution in [0.1, 0.15) is 19.8 Å². The molecule has 0 saturated carbocycles. The predicted octanol–water partition coefficient (Wildman–Crippen LogP) is 1.56. The Labute approximate surface area is 118 Å². The molecule has 2 heterocycles. The first-order valence-corrected chi connectivity index (χ1v) is 6.82. The van der Waals surface area contributed by atoms with Gasteiger partial charge in [0.1, 0.15) is 5.02 Å². The molecule has 6 nitrogen and oxygen atoms in total. The normalized spacial score (nSPS) is 19.2. The van der Waals surface area contributed by atoms with Crippen molar-refractivity contribution >= 4 is 23.4 Å². The summed E-state index contributed by atoms with van der Waals surface area (Å²) < 4.78 is 0. The van der Waals surface area contributed by atoms with Gasteiger partial charge in [-0.3, -0.25) is 5.43 Å². The number of rotatable bonds is 4. The Morgan fingerprint density at radius 2 is 2.16 bits per heavy atom. The number of nitrogens with two attached hydrogens (primary N) is 1. The van der Waals surface area contributed by atoms with Crippen molar-refractivity contribution in [1.29, 1.82) is 0 Å². The van der Waals surface area contributed by atoms with Gasteiger partial charge in [-0.2, -0.15) is 4.98 Å². The van der Waals surface area contributed by atoms with E-state index >= 15 is 0 Å². The largest absolute Gasteiger partial charge is 0.368 e. The van der Waals surface area contributed by atoms with E-state index in [2.05, 4.69) is 39.6 Å². The quantitative estimate of drug-likeness (QED) is 0.575. The van der Waals surface area contributed by atoms with E-state index in [1.807, 2.05) is 0 Å². The predicted molar refractivity (Wildman–Crippen MR) is 78.2 cm³/mol. The van der Waals surface area contributed by atoms with Crippen LogP contribution in [0.3, 0.4) is 0 Å². The molecule has 0 radical (unpaired) electrons. The van der Waals surface area contributed by atoms with Crippen LogP contribution in [0.4, 0.5) is 11.8 Å². The zero-order valence-corrected chi connectivity index (χ0v) is 12.2. The van der Waals surface area contributed by atoms with Gasteiger partial charge < -0.3 is 10.2 Å². The Kier molecular flexibility index (Phi) is 4.44. The number of likely N-dealkylation sites (tertiary alicyclic amines) is 1. The summed E-state index contributed by atoms with van der Waals surface area (Å²) in [6, 6.07) is 0. The third-order valence-electron chi connectivity index (χ3n) is 3.75. The van der Waals surface area contributed by atoms with Gasteiger partial charge >= 0.3 is 0 Å². The van der Waals surface area contributed by atoms with E-state index in [-0.39, 0.29) is 5.41 Å². The van der Waals surface area contributed by atoms with Crippen molar-refractivity contribution in [2.24, 2.45) is 11.3 Å². The molecule has 1 aliphatic rings. The highest BCUT2D eigenvalue weighted by molar-refractivity contribution is 6.32. The molecular weight excluding hydrogens is 264 g/mol. The van der Waals surface area contributed by atoms with E-state index in [0.717, 1.165) is 19.6 Å². The third-order valence-corrected chi connectivity index (χ3v) is 4.03. The maximum atomic E-state index is 6.08. The van der Waals surface area contributed by atoms with Gasteiger partial charge in [0.05, 0.1) is 6.20 Å². The molecule has 1 fully saturated rings. The summed E-state index contributed by atoms with van der Waals surface area (Å²) in [5.41, 5.74) is 2.70. The van der Waals surface area contributed by atoms with Crippen molar-refractivity contribution in [3.63, 3.8) is 0 Å². The number of aromatic nitrogens is 2. The molecule has 2 rings (SSSR count). The van der Waals surface area contributed by atoms with Gasteiger partial charge in [-0.05, 0) is 38.4 Å². The van der Waals surface area contributed by atoms with Crippen LogP contribution in [0.25, 0.3) is 0 Å². The maximum absolute atomic E-state index is 6.08. The van der Waals surface area contributed by atoms with Crippen molar-refractivity contribution in [2.45, 2.75) is 19.8 Å². The van der Waals surface area contributed by atoms with Crippen molar-refractivity contribution in [3.05, 3.63) is 11.2 Å². The molecule has 1 aromatic heterocycles. The Morgan fingerprint density at radius 1 is 1.47 bits per heavy atom. The Bertz CT molecular complexity index is 430. The van der Waals surface area contributed by atoms with E-state index < -0.39 is 0 Å². The number of nitrogens with zero attached hydrogens (tertiary/aromatic N) is 3. The van der Waals surface area contributed by atoms with E-state index in [4.69, 9.17) is 17.4 Å². The fourth-order valence-corrected chi connectivity index (χ4v) is 2.35. The molecule has 0 spiro atoms. The van der Waals surface area contributed by atoms with Crippen LogP contribution >= 0.6 is 11.6 Å². The van der Waals surface area contributed by atoms with Crippen molar-refractivity contribution in [2.75, 3.05) is 37.4 Å². The zero-order valence-electron chi connectivity index (χ0n) is 11.4. The highest BCUT2D eigenvalue weighted by Gasteiger charge is 2.28. The number of piperidine rings is 1. The third kappa shape index (κ3) is 3.68. The number of hydrazine groups is 1. The summed E-state index contributed by atoms with van der Waals surface area (Å²) in [6.45, 7) is 5.41. The molecule has 1 aromatic rings. The molecule has 1 saturated heterocycles. The standard InChI is InChI=1S/C12H21ClN6/c1-12(3-5-19(2)6-4-12)8-16-10-9(13)7-15-11(17-10)18-14/h7H,3-6,8,14H2,1-2H3,(H2,15,16,17,18). The highest BCUT2D eigenvalue weighted by atomic mass is 35.5. The lowest BCUT2D eigenvalue weighted by Gasteiger charge is -2.38. The van der Waals surface area contributed by atoms with Gasteiger partial charge in [-0.25, -0.2) is 10.8 Å². The van der Waals surface area contributed by atoms with Crippen LogP contribution in [0.2, 0.25) is 5.02 Å². The summed E-state index contributed by atoms with van der Waals surface area (Å²) in [5.74, 6) is 6.29. The number of hydrogen-bond acceptors (Lipinski definition) is 6. The molecule has 19 heavy (non-hydrogen) atoms.